The largest absolute Gasteiger partial charge is 0.433 e. The number of carbonyl (C=O) groups excluding carboxylic acids is 1. The molecule has 0 atom stereocenters. The zero-order chi connectivity index (χ0) is 15.8. The number of hydrogen-bond donors (Lipinski definition) is 2. The Labute approximate surface area is 117 Å². The molecule has 112 valence electrons. The average Bonchev–Trinajstić information content (AvgIpc) is 2.62. The van der Waals surface area contributed by atoms with Gasteiger partial charge in [0.1, 0.15) is 11.4 Å². The highest BCUT2D eigenvalue weighted by Gasteiger charge is 2.32. The lowest BCUT2D eigenvalue weighted by molar-refractivity contribution is -0.141. The van der Waals surface area contributed by atoms with E-state index in [-0.39, 0.29) is 17.1 Å². The highest BCUT2D eigenvalue weighted by molar-refractivity contribution is 6.06. The number of anilines is 2. The lowest BCUT2D eigenvalue weighted by atomic mass is 10.2. The quantitative estimate of drug-likeness (QED) is 0.887. The number of carbonyl (C=O) groups is 1. The molecule has 0 bridgehead atoms. The van der Waals surface area contributed by atoms with Crippen molar-refractivity contribution in [3.8, 4) is 0 Å². The fourth-order valence-electron chi connectivity index (χ4n) is 1.77. The fraction of sp³-hybridized carbons (Fsp3) is 0.250. The van der Waals surface area contributed by atoms with Crippen LogP contribution in [0.5, 0.6) is 0 Å². The third-order valence-corrected chi connectivity index (χ3v) is 2.80. The van der Waals surface area contributed by atoms with Gasteiger partial charge in [-0.25, -0.2) is 4.98 Å². The van der Waals surface area contributed by atoms with E-state index >= 15 is 0 Å². The Bertz CT molecular complexity index is 675. The number of rotatable bonds is 2. The van der Waals surface area contributed by atoms with Gasteiger partial charge in [0, 0.05) is 7.05 Å². The van der Waals surface area contributed by atoms with Crippen LogP contribution in [0.15, 0.2) is 18.3 Å². The maximum absolute atomic E-state index is 12.4. The summed E-state index contributed by atoms with van der Waals surface area (Å²) in [6, 6.07) is 1.90. The molecule has 0 fully saturated rings. The monoisotopic (exact) mass is 299 g/mol. The summed E-state index contributed by atoms with van der Waals surface area (Å²) in [5.74, 6) is -0.572. The zero-order valence-corrected chi connectivity index (χ0v) is 11.2. The summed E-state index contributed by atoms with van der Waals surface area (Å²) in [6.07, 6.45) is -3.59. The molecule has 0 aromatic carbocycles. The first-order valence-electron chi connectivity index (χ1n) is 5.84. The molecule has 0 aliphatic carbocycles. The van der Waals surface area contributed by atoms with Crippen LogP contribution < -0.4 is 11.1 Å². The minimum atomic E-state index is -4.52. The van der Waals surface area contributed by atoms with Crippen LogP contribution in [-0.2, 0) is 13.2 Å². The van der Waals surface area contributed by atoms with Gasteiger partial charge >= 0.3 is 6.18 Å². The predicted octanol–water partition coefficient (Wildman–Crippen LogP) is 1.98. The number of hydrogen-bond acceptors (Lipinski definition) is 4. The van der Waals surface area contributed by atoms with Crippen molar-refractivity contribution in [2.75, 3.05) is 11.1 Å². The van der Waals surface area contributed by atoms with Crippen LogP contribution >= 0.6 is 0 Å². The van der Waals surface area contributed by atoms with E-state index in [4.69, 9.17) is 5.73 Å². The molecule has 0 saturated heterocycles. The van der Waals surface area contributed by atoms with E-state index in [1.807, 2.05) is 0 Å². The summed E-state index contributed by atoms with van der Waals surface area (Å²) in [7, 11) is 1.54. The van der Waals surface area contributed by atoms with Crippen LogP contribution in [0.1, 0.15) is 21.9 Å². The summed E-state index contributed by atoms with van der Waals surface area (Å²) >= 11 is 0. The number of pyridine rings is 1. The van der Waals surface area contributed by atoms with Gasteiger partial charge in [0.2, 0.25) is 0 Å². The SMILES string of the molecule is Cc1nn(C)c(C(=O)Nc2ccc(C(F)(F)F)nc2)c1N. The van der Waals surface area contributed by atoms with Crippen LogP contribution in [0.25, 0.3) is 0 Å². The van der Waals surface area contributed by atoms with Gasteiger partial charge in [0.25, 0.3) is 5.91 Å². The van der Waals surface area contributed by atoms with Gasteiger partial charge in [0.05, 0.1) is 23.3 Å². The maximum Gasteiger partial charge on any atom is 0.433 e. The molecule has 0 saturated carbocycles. The topological polar surface area (TPSA) is 85.8 Å². The molecule has 3 N–H and O–H groups in total. The Morgan fingerprint density at radius 2 is 2.05 bits per heavy atom. The molecule has 0 aliphatic rings. The molecule has 2 heterocycles. The number of aromatic nitrogens is 3. The summed E-state index contributed by atoms with van der Waals surface area (Å²) in [5.41, 5.74) is 5.67. The van der Waals surface area contributed by atoms with E-state index in [2.05, 4.69) is 15.4 Å². The zero-order valence-electron chi connectivity index (χ0n) is 11.2. The molecule has 2 aromatic heterocycles. The molecule has 0 spiro atoms. The molecular weight excluding hydrogens is 287 g/mol. The van der Waals surface area contributed by atoms with Gasteiger partial charge in [0.15, 0.2) is 0 Å². The van der Waals surface area contributed by atoms with E-state index in [0.717, 1.165) is 18.3 Å². The van der Waals surface area contributed by atoms with Crippen molar-refractivity contribution in [1.82, 2.24) is 14.8 Å². The normalized spacial score (nSPS) is 11.5. The number of nitrogens with two attached hydrogens (primary N) is 1. The van der Waals surface area contributed by atoms with Gasteiger partial charge in [-0.1, -0.05) is 0 Å². The van der Waals surface area contributed by atoms with Crippen molar-refractivity contribution in [3.63, 3.8) is 0 Å². The van der Waals surface area contributed by atoms with Crippen molar-refractivity contribution in [3.05, 3.63) is 35.4 Å². The molecule has 6 nitrogen and oxygen atoms in total. The standard InChI is InChI=1S/C12H12F3N5O/c1-6-9(16)10(20(2)19-6)11(21)18-7-3-4-8(17-5-7)12(13,14)15/h3-5H,16H2,1-2H3,(H,18,21). The van der Waals surface area contributed by atoms with E-state index in [9.17, 15) is 18.0 Å². The average molecular weight is 299 g/mol. The van der Waals surface area contributed by atoms with Crippen LogP contribution in [0.3, 0.4) is 0 Å². The highest BCUT2D eigenvalue weighted by atomic mass is 19.4. The summed E-state index contributed by atoms with van der Waals surface area (Å²) < 4.78 is 38.4. The Morgan fingerprint density at radius 3 is 2.48 bits per heavy atom. The smallest absolute Gasteiger partial charge is 0.395 e. The van der Waals surface area contributed by atoms with E-state index in [0.29, 0.717) is 5.69 Å². The molecule has 9 heteroatoms. The van der Waals surface area contributed by atoms with Crippen molar-refractivity contribution in [1.29, 1.82) is 0 Å². The molecule has 1 amide bonds. The van der Waals surface area contributed by atoms with Gasteiger partial charge in [-0.15, -0.1) is 0 Å². The number of amides is 1. The second-order valence-electron chi connectivity index (χ2n) is 4.36. The molecule has 2 aromatic rings. The van der Waals surface area contributed by atoms with Crippen LogP contribution in [0.4, 0.5) is 24.5 Å². The molecule has 0 radical (unpaired) electrons. The lowest BCUT2D eigenvalue weighted by Gasteiger charge is -2.08. The third kappa shape index (κ3) is 2.96. The molecule has 0 aliphatic heterocycles. The van der Waals surface area contributed by atoms with Crippen LogP contribution in [0.2, 0.25) is 0 Å². The first-order valence-corrected chi connectivity index (χ1v) is 5.84. The minimum Gasteiger partial charge on any atom is -0.395 e. The van der Waals surface area contributed by atoms with E-state index in [1.165, 1.54) is 4.68 Å². The molecule has 2 rings (SSSR count). The van der Waals surface area contributed by atoms with Crippen molar-refractivity contribution >= 4 is 17.3 Å². The Kier molecular flexibility index (Phi) is 3.58. The van der Waals surface area contributed by atoms with E-state index < -0.39 is 17.8 Å². The number of halogens is 3. The molecular formula is C12H12F3N5O. The summed E-state index contributed by atoms with van der Waals surface area (Å²) in [5, 5.41) is 6.41. The van der Waals surface area contributed by atoms with Crippen molar-refractivity contribution < 1.29 is 18.0 Å². The molecule has 0 unspecified atom stereocenters. The second kappa shape index (κ2) is 5.08. The maximum atomic E-state index is 12.4. The summed E-state index contributed by atoms with van der Waals surface area (Å²) in [4.78, 5) is 15.3. The lowest BCUT2D eigenvalue weighted by Crippen LogP contribution is -2.18. The number of nitrogens with zero attached hydrogens (tertiary/aromatic N) is 3. The minimum absolute atomic E-state index is 0.131. The fourth-order valence-corrected chi connectivity index (χ4v) is 1.77. The van der Waals surface area contributed by atoms with Gasteiger partial charge < -0.3 is 11.1 Å². The first kappa shape index (κ1) is 14.8. The Morgan fingerprint density at radius 1 is 1.38 bits per heavy atom. The summed E-state index contributed by atoms with van der Waals surface area (Å²) in [6.45, 7) is 1.64. The molecule has 21 heavy (non-hydrogen) atoms. The van der Waals surface area contributed by atoms with Gasteiger partial charge in [-0.3, -0.25) is 9.48 Å². The highest BCUT2D eigenvalue weighted by Crippen LogP contribution is 2.28. The Balaban J connectivity index is 2.20. The number of nitrogens with one attached hydrogen (secondary N) is 1. The predicted molar refractivity (Wildman–Crippen MR) is 69.5 cm³/mol. The number of alkyl halides is 3. The second-order valence-corrected chi connectivity index (χ2v) is 4.36. The Hall–Kier alpha value is -2.58. The van der Waals surface area contributed by atoms with Gasteiger partial charge in [-0.2, -0.15) is 18.3 Å². The van der Waals surface area contributed by atoms with Crippen LogP contribution in [-0.4, -0.2) is 20.7 Å². The number of aryl methyl sites for hydroxylation is 2. The van der Waals surface area contributed by atoms with Gasteiger partial charge in [-0.05, 0) is 19.1 Å². The number of nitrogen functional groups attached to an aromatic ring is 1. The first-order chi connectivity index (χ1) is 9.70. The van der Waals surface area contributed by atoms with Crippen molar-refractivity contribution in [2.45, 2.75) is 13.1 Å². The van der Waals surface area contributed by atoms with Crippen molar-refractivity contribution in [2.24, 2.45) is 7.05 Å². The van der Waals surface area contributed by atoms with E-state index in [1.54, 1.807) is 14.0 Å². The third-order valence-electron chi connectivity index (χ3n) is 2.80. The van der Waals surface area contributed by atoms with Crippen LogP contribution in [0, 0.1) is 6.92 Å².